The number of carbonyl (C=O) groups is 3. The molecule has 3 heterocycles. The second-order valence-corrected chi connectivity index (χ2v) is 16.0. The van der Waals surface area contributed by atoms with Crippen molar-refractivity contribution in [3.05, 3.63) is 116 Å². The summed E-state index contributed by atoms with van der Waals surface area (Å²) in [4.78, 5) is 59.1. The number of benzene rings is 4. The third-order valence-corrected chi connectivity index (χ3v) is 13.6. The van der Waals surface area contributed by atoms with Gasteiger partial charge in [0.15, 0.2) is 6.61 Å². The number of fused-ring (bicyclic) bond motifs is 10. The van der Waals surface area contributed by atoms with Crippen LogP contribution in [0.3, 0.4) is 0 Å². The summed E-state index contributed by atoms with van der Waals surface area (Å²) in [5.74, 6) is -1.00. The van der Waals surface area contributed by atoms with Gasteiger partial charge < -0.3 is 15.0 Å². The number of nitrogens with one attached hydrogen (secondary N) is 2. The Morgan fingerprint density at radius 3 is 2.44 bits per heavy atom. The number of hydrogen-bond acceptors (Lipinski definition) is 7. The molecular weight excluding hydrogens is 710 g/mol. The number of halogens is 1. The molecule has 11 heteroatoms. The molecule has 2 aliphatic heterocycles. The van der Waals surface area contributed by atoms with Gasteiger partial charge in [-0.25, -0.2) is 0 Å². The molecule has 7 atom stereocenters. The average molecular weight is 739 g/mol. The van der Waals surface area contributed by atoms with Crippen LogP contribution in [0.1, 0.15) is 22.8 Å². The Bertz CT molecular complexity index is 2200. The van der Waals surface area contributed by atoms with E-state index in [0.717, 1.165) is 37.1 Å². The SMILES string of the molecule is O=C(COc1ccccc1[C@@H]1c2sc(=O)[nH]c2S[C@@H]2[C@@H]3C[C@@H]([C@@H]4C(=O)N(c5ccc(Br)cc5)C(=O)[C@@H]34)[C@H]12)Nc1ccc2ccccc2c1. The topological polar surface area (TPSA) is 109 Å². The number of anilines is 2. The van der Waals surface area contributed by atoms with Crippen molar-refractivity contribution in [2.45, 2.75) is 22.6 Å². The van der Waals surface area contributed by atoms with Gasteiger partial charge in [-0.05, 0) is 77.4 Å². The summed E-state index contributed by atoms with van der Waals surface area (Å²) in [7, 11) is 0. The number of para-hydroxylation sites is 1. The Hall–Kier alpha value is -4.19. The molecule has 4 aliphatic rings. The molecule has 240 valence electrons. The van der Waals surface area contributed by atoms with E-state index in [4.69, 9.17) is 4.74 Å². The molecule has 1 saturated heterocycles. The van der Waals surface area contributed by atoms with Gasteiger partial charge >= 0.3 is 4.87 Å². The highest BCUT2D eigenvalue weighted by Crippen LogP contribution is 2.69. The second kappa shape index (κ2) is 11.5. The molecule has 0 unspecified atom stereocenters. The Morgan fingerprint density at radius 2 is 1.62 bits per heavy atom. The fourth-order valence-electron chi connectivity index (χ4n) is 8.69. The highest BCUT2D eigenvalue weighted by Gasteiger charge is 2.69. The standard InChI is InChI=1S/C37H28BrN3O5S2/c38-20-10-13-22(14-11-20)41-35(43)30-24-16-25(31(30)36(41)44)32-29(24)28(33-34(47-32)40-37(45)48-33)23-7-3-4-8-26(23)46-17-27(42)39-21-12-9-18-5-1-2-6-19(18)15-21/h1-15,24-25,28-32H,16-17H2,(H,39,42)(H,40,45)/t24-,25-,28+,29-,30+,31+,32-/m1/s1. The Morgan fingerprint density at radius 1 is 0.896 bits per heavy atom. The number of hydrogen-bond donors (Lipinski definition) is 2. The summed E-state index contributed by atoms with van der Waals surface area (Å²) in [5.41, 5.74) is 2.17. The summed E-state index contributed by atoms with van der Waals surface area (Å²) in [5, 5.41) is 5.94. The number of thioether (sulfide) groups is 1. The summed E-state index contributed by atoms with van der Waals surface area (Å²) in [6.45, 7) is -0.193. The lowest BCUT2D eigenvalue weighted by Gasteiger charge is -2.43. The van der Waals surface area contributed by atoms with Crippen molar-refractivity contribution in [3.63, 3.8) is 0 Å². The van der Waals surface area contributed by atoms with Gasteiger partial charge in [-0.15, -0.1) is 11.8 Å². The van der Waals surface area contributed by atoms with Crippen LogP contribution in [0.2, 0.25) is 0 Å². The van der Waals surface area contributed by atoms with Gasteiger partial charge in [-0.1, -0.05) is 75.8 Å². The normalized spacial score (nSPS) is 26.8. The van der Waals surface area contributed by atoms with Gasteiger partial charge in [-0.3, -0.25) is 24.1 Å². The Labute approximate surface area is 292 Å². The summed E-state index contributed by atoms with van der Waals surface area (Å²) >= 11 is 6.29. The molecule has 2 bridgehead atoms. The van der Waals surface area contributed by atoms with Crippen LogP contribution in [0.4, 0.5) is 11.4 Å². The van der Waals surface area contributed by atoms with Gasteiger partial charge in [0, 0.05) is 31.8 Å². The molecular formula is C37H28BrN3O5S2. The molecule has 3 amide bonds. The molecule has 48 heavy (non-hydrogen) atoms. The number of thiazole rings is 1. The zero-order valence-electron chi connectivity index (χ0n) is 25.3. The maximum Gasteiger partial charge on any atom is 0.305 e. The van der Waals surface area contributed by atoms with E-state index in [9.17, 15) is 19.2 Å². The monoisotopic (exact) mass is 737 g/mol. The fourth-order valence-corrected chi connectivity index (χ4v) is 11.8. The zero-order chi connectivity index (χ0) is 32.7. The van der Waals surface area contributed by atoms with Crippen LogP contribution < -0.4 is 19.8 Å². The lowest BCUT2D eigenvalue weighted by atomic mass is 9.68. The minimum atomic E-state index is -0.409. The Kier molecular flexibility index (Phi) is 7.14. The van der Waals surface area contributed by atoms with Crippen molar-refractivity contribution in [2.24, 2.45) is 29.6 Å². The van der Waals surface area contributed by atoms with Crippen molar-refractivity contribution >= 4 is 78.9 Å². The quantitative estimate of drug-likeness (QED) is 0.181. The van der Waals surface area contributed by atoms with E-state index in [2.05, 4.69) is 26.2 Å². The number of rotatable bonds is 6. The smallest absolute Gasteiger partial charge is 0.305 e. The number of carbonyl (C=O) groups excluding carboxylic acids is 3. The fraction of sp³-hybridized carbons (Fsp3) is 0.243. The first-order chi connectivity index (χ1) is 23.4. The van der Waals surface area contributed by atoms with Crippen molar-refractivity contribution in [3.8, 4) is 5.75 Å². The molecule has 1 aromatic heterocycles. The van der Waals surface area contributed by atoms with Crippen molar-refractivity contribution < 1.29 is 19.1 Å². The number of H-pyrrole nitrogens is 1. The number of amides is 3. The first kappa shape index (κ1) is 29.9. The van der Waals surface area contributed by atoms with Gasteiger partial charge in [0.2, 0.25) is 11.8 Å². The molecule has 0 radical (unpaired) electrons. The third-order valence-electron chi connectivity index (χ3n) is 10.5. The molecule has 3 fully saturated rings. The molecule has 0 spiro atoms. The number of aromatic nitrogens is 1. The van der Waals surface area contributed by atoms with Gasteiger partial charge in [-0.2, -0.15) is 0 Å². The van der Waals surface area contributed by atoms with Gasteiger partial charge in [0.05, 0.1) is 22.5 Å². The number of aromatic amines is 1. The predicted octanol–water partition coefficient (Wildman–Crippen LogP) is 7.05. The summed E-state index contributed by atoms with van der Waals surface area (Å²) in [6.07, 6.45) is 0.788. The number of ether oxygens (including phenoxy) is 1. The Balaban J connectivity index is 1.02. The molecule has 9 rings (SSSR count). The summed E-state index contributed by atoms with van der Waals surface area (Å²) < 4.78 is 7.11. The molecule has 2 saturated carbocycles. The third kappa shape index (κ3) is 4.69. The first-order valence-electron chi connectivity index (χ1n) is 15.9. The highest BCUT2D eigenvalue weighted by molar-refractivity contribution is 9.10. The predicted molar refractivity (Wildman–Crippen MR) is 190 cm³/mol. The van der Waals surface area contributed by atoms with E-state index in [0.29, 0.717) is 17.1 Å². The van der Waals surface area contributed by atoms with Crippen molar-refractivity contribution in [1.82, 2.24) is 4.98 Å². The van der Waals surface area contributed by atoms with Gasteiger partial charge in [0.25, 0.3) is 5.91 Å². The lowest BCUT2D eigenvalue weighted by Crippen LogP contribution is -2.42. The van der Waals surface area contributed by atoms with Crippen LogP contribution in [-0.4, -0.2) is 34.6 Å². The zero-order valence-corrected chi connectivity index (χ0v) is 28.5. The molecule has 5 aromatic rings. The largest absolute Gasteiger partial charge is 0.483 e. The van der Waals surface area contributed by atoms with Crippen molar-refractivity contribution in [1.29, 1.82) is 0 Å². The van der Waals surface area contributed by atoms with E-state index in [1.807, 2.05) is 78.9 Å². The van der Waals surface area contributed by atoms with Crippen LogP contribution in [-0.2, 0) is 14.4 Å². The van der Waals surface area contributed by atoms with Crippen LogP contribution in [0.5, 0.6) is 5.75 Å². The second-order valence-electron chi connectivity index (χ2n) is 12.9. The van der Waals surface area contributed by atoms with Gasteiger partial charge in [0.1, 0.15) is 5.75 Å². The van der Waals surface area contributed by atoms with E-state index in [-0.39, 0.29) is 64.0 Å². The van der Waals surface area contributed by atoms with E-state index < -0.39 is 5.92 Å². The maximum atomic E-state index is 14.1. The van der Waals surface area contributed by atoms with Crippen LogP contribution in [0.25, 0.3) is 10.8 Å². The molecule has 2 N–H and O–H groups in total. The van der Waals surface area contributed by atoms with Crippen LogP contribution in [0, 0.1) is 29.6 Å². The lowest BCUT2D eigenvalue weighted by molar-refractivity contribution is -0.123. The van der Waals surface area contributed by atoms with E-state index >= 15 is 0 Å². The van der Waals surface area contributed by atoms with E-state index in [1.54, 1.807) is 23.9 Å². The number of imide groups is 1. The first-order valence-corrected chi connectivity index (χ1v) is 18.4. The minimum Gasteiger partial charge on any atom is -0.483 e. The maximum absolute atomic E-state index is 14.1. The average Bonchev–Trinajstić information content (AvgIpc) is 3.83. The van der Waals surface area contributed by atoms with Crippen LogP contribution >= 0.6 is 39.0 Å². The summed E-state index contributed by atoms with van der Waals surface area (Å²) in [6, 6.07) is 28.7. The minimum absolute atomic E-state index is 0.00626. The van der Waals surface area contributed by atoms with E-state index in [1.165, 1.54) is 16.2 Å². The molecule has 8 nitrogen and oxygen atoms in total. The van der Waals surface area contributed by atoms with Crippen molar-refractivity contribution in [2.75, 3.05) is 16.8 Å². The number of nitrogens with zero attached hydrogens (tertiary/aromatic N) is 1. The molecule has 4 aromatic carbocycles. The highest BCUT2D eigenvalue weighted by atomic mass is 79.9. The molecule has 2 aliphatic carbocycles. The van der Waals surface area contributed by atoms with Crippen LogP contribution in [0.15, 0.2) is 105 Å².